The summed E-state index contributed by atoms with van der Waals surface area (Å²) < 4.78 is 5.19. The van der Waals surface area contributed by atoms with Gasteiger partial charge in [0.05, 0.1) is 0 Å². The minimum absolute atomic E-state index is 0.465. The fraction of sp³-hybridized carbons (Fsp3) is 0.800. The Morgan fingerprint density at radius 1 is 1.53 bits per heavy atom. The van der Waals surface area contributed by atoms with Crippen LogP contribution < -0.4 is 10.6 Å². The summed E-state index contributed by atoms with van der Waals surface area (Å²) in [6, 6.07) is 1.10. The van der Waals surface area contributed by atoms with Gasteiger partial charge in [-0.25, -0.2) is 0 Å². The van der Waals surface area contributed by atoms with Gasteiger partial charge >= 0.3 is 6.01 Å². The van der Waals surface area contributed by atoms with Crippen molar-refractivity contribution in [2.24, 2.45) is 11.7 Å². The first-order valence-corrected chi connectivity index (χ1v) is 5.47. The Morgan fingerprint density at radius 2 is 2.33 bits per heavy atom. The molecule has 5 heteroatoms. The second-order valence-corrected chi connectivity index (χ2v) is 4.30. The Hall–Kier alpha value is -1.10. The van der Waals surface area contributed by atoms with Crippen LogP contribution in [0.5, 0.6) is 0 Å². The van der Waals surface area contributed by atoms with Crippen LogP contribution in [-0.4, -0.2) is 29.3 Å². The maximum atomic E-state index is 5.70. The highest BCUT2D eigenvalue weighted by Crippen LogP contribution is 2.25. The lowest BCUT2D eigenvalue weighted by Gasteiger charge is -2.36. The quantitative estimate of drug-likeness (QED) is 0.786. The fourth-order valence-corrected chi connectivity index (χ4v) is 2.04. The van der Waals surface area contributed by atoms with Crippen molar-refractivity contribution in [2.45, 2.75) is 32.7 Å². The smallest absolute Gasteiger partial charge is 0.324 e. The van der Waals surface area contributed by atoms with E-state index in [9.17, 15) is 0 Å². The summed E-state index contributed by atoms with van der Waals surface area (Å²) >= 11 is 0. The van der Waals surface area contributed by atoms with Gasteiger partial charge < -0.3 is 15.2 Å². The van der Waals surface area contributed by atoms with Crippen molar-refractivity contribution in [3.63, 3.8) is 0 Å². The third-order valence-electron chi connectivity index (χ3n) is 3.08. The zero-order chi connectivity index (χ0) is 10.8. The van der Waals surface area contributed by atoms with Crippen molar-refractivity contribution in [1.82, 2.24) is 10.1 Å². The van der Waals surface area contributed by atoms with Crippen LogP contribution >= 0.6 is 0 Å². The first-order chi connectivity index (χ1) is 7.20. The van der Waals surface area contributed by atoms with Crippen LogP contribution in [0.1, 0.15) is 25.6 Å². The van der Waals surface area contributed by atoms with E-state index in [4.69, 9.17) is 10.3 Å². The Bertz CT molecular complexity index is 325. The van der Waals surface area contributed by atoms with E-state index < -0.39 is 0 Å². The molecule has 0 aliphatic carbocycles. The molecule has 1 saturated heterocycles. The van der Waals surface area contributed by atoms with Gasteiger partial charge in [-0.05, 0) is 39.2 Å². The fourth-order valence-electron chi connectivity index (χ4n) is 2.04. The molecule has 0 aromatic carbocycles. The van der Waals surface area contributed by atoms with Gasteiger partial charge in [0.1, 0.15) is 0 Å². The first-order valence-electron chi connectivity index (χ1n) is 5.47. The molecule has 1 aliphatic heterocycles. The highest BCUT2D eigenvalue weighted by Gasteiger charge is 2.27. The molecular weight excluding hydrogens is 192 g/mol. The number of nitrogens with zero attached hydrogens (tertiary/aromatic N) is 3. The van der Waals surface area contributed by atoms with Crippen LogP contribution in [-0.2, 0) is 0 Å². The summed E-state index contributed by atoms with van der Waals surface area (Å²) in [5.74, 6) is 1.24. The van der Waals surface area contributed by atoms with E-state index >= 15 is 0 Å². The van der Waals surface area contributed by atoms with Gasteiger partial charge in [0, 0.05) is 12.6 Å². The summed E-state index contributed by atoms with van der Waals surface area (Å²) in [5, 5.41) is 3.82. The molecule has 2 rings (SSSR count). The molecule has 1 aromatic heterocycles. The normalized spacial score (nSPS) is 27.0. The Balaban J connectivity index is 2.12. The van der Waals surface area contributed by atoms with E-state index in [0.717, 1.165) is 19.5 Å². The summed E-state index contributed by atoms with van der Waals surface area (Å²) in [6.45, 7) is 5.68. The number of piperidine rings is 1. The molecule has 2 N–H and O–H groups in total. The zero-order valence-electron chi connectivity index (χ0n) is 9.31. The number of hydrogen-bond donors (Lipinski definition) is 1. The van der Waals surface area contributed by atoms with Crippen LogP contribution in [0.2, 0.25) is 0 Å². The van der Waals surface area contributed by atoms with Crippen LogP contribution in [0.4, 0.5) is 6.01 Å². The Labute approximate surface area is 89.6 Å². The van der Waals surface area contributed by atoms with E-state index in [0.29, 0.717) is 23.8 Å². The highest BCUT2D eigenvalue weighted by atomic mass is 16.5. The first kappa shape index (κ1) is 10.4. The molecule has 0 amide bonds. The average molecular weight is 210 g/mol. The number of hydrogen-bond acceptors (Lipinski definition) is 5. The lowest BCUT2D eigenvalue weighted by Crippen LogP contribution is -2.44. The minimum Gasteiger partial charge on any atom is -0.330 e. The maximum Gasteiger partial charge on any atom is 0.324 e. The molecule has 5 nitrogen and oxygen atoms in total. The van der Waals surface area contributed by atoms with Gasteiger partial charge in [-0.3, -0.25) is 0 Å². The van der Waals surface area contributed by atoms with Crippen LogP contribution in [0.25, 0.3) is 0 Å². The van der Waals surface area contributed by atoms with Gasteiger partial charge in [-0.2, -0.15) is 4.98 Å². The van der Waals surface area contributed by atoms with Gasteiger partial charge in [-0.15, -0.1) is 0 Å². The average Bonchev–Trinajstić information content (AvgIpc) is 2.65. The Morgan fingerprint density at radius 3 is 2.93 bits per heavy atom. The molecule has 1 aliphatic rings. The molecule has 0 spiro atoms. The van der Waals surface area contributed by atoms with E-state index in [1.807, 2.05) is 6.92 Å². The summed E-state index contributed by atoms with van der Waals surface area (Å²) in [5.41, 5.74) is 5.70. The van der Waals surface area contributed by atoms with E-state index in [-0.39, 0.29) is 0 Å². The second-order valence-electron chi connectivity index (χ2n) is 4.30. The molecule has 2 heterocycles. The zero-order valence-corrected chi connectivity index (χ0v) is 9.31. The van der Waals surface area contributed by atoms with E-state index in [1.165, 1.54) is 6.42 Å². The van der Waals surface area contributed by atoms with Gasteiger partial charge in [0.25, 0.3) is 0 Å². The predicted molar refractivity (Wildman–Crippen MR) is 57.6 cm³/mol. The number of nitrogens with two attached hydrogens (primary N) is 1. The van der Waals surface area contributed by atoms with E-state index in [2.05, 4.69) is 22.0 Å². The predicted octanol–water partition coefficient (Wildman–Crippen LogP) is 0.942. The summed E-state index contributed by atoms with van der Waals surface area (Å²) in [6.07, 6.45) is 2.34. The minimum atomic E-state index is 0.465. The third kappa shape index (κ3) is 2.12. The molecule has 2 atom stereocenters. The molecule has 15 heavy (non-hydrogen) atoms. The van der Waals surface area contributed by atoms with Crippen molar-refractivity contribution in [2.75, 3.05) is 18.0 Å². The molecule has 1 aromatic rings. The largest absolute Gasteiger partial charge is 0.330 e. The van der Waals surface area contributed by atoms with Crippen LogP contribution in [0, 0.1) is 12.8 Å². The van der Waals surface area contributed by atoms with Gasteiger partial charge in [0.15, 0.2) is 5.82 Å². The monoisotopic (exact) mass is 210 g/mol. The van der Waals surface area contributed by atoms with Gasteiger partial charge in [-0.1, -0.05) is 5.16 Å². The summed E-state index contributed by atoms with van der Waals surface area (Å²) in [7, 11) is 0. The van der Waals surface area contributed by atoms with Gasteiger partial charge in [0.2, 0.25) is 0 Å². The maximum absolute atomic E-state index is 5.70. The standard InChI is InChI=1S/C10H18N4O/c1-7-3-4-9(5-11)6-14(7)10-12-8(2)13-15-10/h7,9H,3-6,11H2,1-2H3. The van der Waals surface area contributed by atoms with Crippen molar-refractivity contribution < 1.29 is 4.52 Å². The molecule has 2 unspecified atom stereocenters. The molecule has 0 saturated carbocycles. The van der Waals surface area contributed by atoms with Crippen molar-refractivity contribution in [3.05, 3.63) is 5.82 Å². The molecule has 0 radical (unpaired) electrons. The molecule has 84 valence electrons. The van der Waals surface area contributed by atoms with Crippen LogP contribution in [0.15, 0.2) is 4.52 Å². The number of rotatable bonds is 2. The topological polar surface area (TPSA) is 68.2 Å². The lowest BCUT2D eigenvalue weighted by molar-refractivity contribution is 0.332. The number of anilines is 1. The Kier molecular flexibility index (Phi) is 2.90. The molecule has 0 bridgehead atoms. The van der Waals surface area contributed by atoms with E-state index in [1.54, 1.807) is 0 Å². The second kappa shape index (κ2) is 4.18. The molecular formula is C10H18N4O. The summed E-state index contributed by atoms with van der Waals surface area (Å²) in [4.78, 5) is 6.43. The van der Waals surface area contributed by atoms with Crippen LogP contribution in [0.3, 0.4) is 0 Å². The number of aryl methyl sites for hydroxylation is 1. The van der Waals surface area contributed by atoms with Crippen molar-refractivity contribution in [1.29, 1.82) is 0 Å². The number of aromatic nitrogens is 2. The lowest BCUT2D eigenvalue weighted by atomic mass is 9.94. The van der Waals surface area contributed by atoms with Crippen molar-refractivity contribution >= 4 is 6.01 Å². The molecule has 1 fully saturated rings. The highest BCUT2D eigenvalue weighted by molar-refractivity contribution is 5.28. The van der Waals surface area contributed by atoms with Crippen molar-refractivity contribution in [3.8, 4) is 0 Å². The SMILES string of the molecule is Cc1noc(N2CC(CN)CCC2C)n1. The third-order valence-corrected chi connectivity index (χ3v) is 3.08.